The van der Waals surface area contributed by atoms with Crippen molar-refractivity contribution >= 4 is 38.9 Å². The molecule has 0 aliphatic carbocycles. The Morgan fingerprint density at radius 3 is 2.61 bits per heavy atom. The molecule has 5 rings (SSSR count). The summed E-state index contributed by atoms with van der Waals surface area (Å²) in [4.78, 5) is 6.39. The summed E-state index contributed by atoms with van der Waals surface area (Å²) in [7, 11) is 0. The fourth-order valence-corrected chi connectivity index (χ4v) is 4.73. The maximum Gasteiger partial charge on any atom is 0.174 e. The minimum absolute atomic E-state index is 0.291. The SMILES string of the molecule is Cc1cc(N2C(=S)N[C@H](c3ccccn3)[C@H]2c2ccc(-c3ccc(Br)cc3F)o2)ccc1F. The topological polar surface area (TPSA) is 41.3 Å². The van der Waals surface area contributed by atoms with Crippen LogP contribution in [0.3, 0.4) is 0 Å². The van der Waals surface area contributed by atoms with Crippen LogP contribution in [-0.2, 0) is 0 Å². The standard InChI is InChI=1S/C25H18BrF2N3OS/c1-14-12-16(6-8-18(14)27)31-24(23(30-25(31)33)20-4-2-3-11-29-20)22-10-9-21(32-22)17-7-5-15(26)13-19(17)28/h2-13,23-24H,1H3,(H,30,33)/t23-,24-/m1/s1. The van der Waals surface area contributed by atoms with Gasteiger partial charge in [0.25, 0.3) is 0 Å². The van der Waals surface area contributed by atoms with Crippen molar-refractivity contribution in [3.8, 4) is 11.3 Å². The lowest BCUT2D eigenvalue weighted by Crippen LogP contribution is -2.29. The van der Waals surface area contributed by atoms with Crippen molar-refractivity contribution in [1.82, 2.24) is 10.3 Å². The molecule has 1 N–H and O–H groups in total. The number of aromatic nitrogens is 1. The smallest absolute Gasteiger partial charge is 0.174 e. The lowest BCUT2D eigenvalue weighted by molar-refractivity contribution is 0.438. The molecule has 166 valence electrons. The molecule has 0 saturated carbocycles. The van der Waals surface area contributed by atoms with Crippen LogP contribution in [-0.4, -0.2) is 10.1 Å². The number of halogens is 3. The van der Waals surface area contributed by atoms with E-state index in [2.05, 4.69) is 26.2 Å². The number of hydrogen-bond donors (Lipinski definition) is 1. The first-order chi connectivity index (χ1) is 15.9. The highest BCUT2D eigenvalue weighted by Crippen LogP contribution is 2.43. The monoisotopic (exact) mass is 525 g/mol. The van der Waals surface area contributed by atoms with Gasteiger partial charge in [0.2, 0.25) is 0 Å². The third kappa shape index (κ3) is 4.05. The Morgan fingerprint density at radius 2 is 1.88 bits per heavy atom. The first kappa shape index (κ1) is 21.7. The number of nitrogens with zero attached hydrogens (tertiary/aromatic N) is 2. The number of anilines is 1. The lowest BCUT2D eigenvalue weighted by Gasteiger charge is -2.26. The van der Waals surface area contributed by atoms with E-state index in [0.29, 0.717) is 32.2 Å². The fourth-order valence-electron chi connectivity index (χ4n) is 4.05. The molecule has 1 aliphatic heterocycles. The Kier molecular flexibility index (Phi) is 5.72. The molecule has 2 aromatic carbocycles. The summed E-state index contributed by atoms with van der Waals surface area (Å²) < 4.78 is 35.4. The average molecular weight is 526 g/mol. The van der Waals surface area contributed by atoms with Crippen LogP contribution in [0.5, 0.6) is 0 Å². The first-order valence-electron chi connectivity index (χ1n) is 10.2. The van der Waals surface area contributed by atoms with Gasteiger partial charge in [-0.1, -0.05) is 22.0 Å². The molecule has 4 nitrogen and oxygen atoms in total. The predicted octanol–water partition coefficient (Wildman–Crippen LogP) is 6.87. The summed E-state index contributed by atoms with van der Waals surface area (Å²) in [6.45, 7) is 1.71. The van der Waals surface area contributed by atoms with E-state index in [1.807, 2.05) is 29.2 Å². The molecule has 0 amide bonds. The van der Waals surface area contributed by atoms with Crippen LogP contribution in [0.1, 0.15) is 29.1 Å². The minimum atomic E-state index is -0.412. The molecule has 0 unspecified atom stereocenters. The van der Waals surface area contributed by atoms with E-state index < -0.39 is 11.9 Å². The summed E-state index contributed by atoms with van der Waals surface area (Å²) in [6, 6.07) is 18.1. The molecule has 1 fully saturated rings. The molecule has 2 aromatic heterocycles. The molecular weight excluding hydrogens is 508 g/mol. The van der Waals surface area contributed by atoms with E-state index in [0.717, 1.165) is 11.4 Å². The summed E-state index contributed by atoms with van der Waals surface area (Å²) in [5.41, 5.74) is 2.37. The summed E-state index contributed by atoms with van der Waals surface area (Å²) in [5, 5.41) is 3.80. The Balaban J connectivity index is 1.61. The van der Waals surface area contributed by atoms with Crippen molar-refractivity contribution in [2.45, 2.75) is 19.0 Å². The van der Waals surface area contributed by atoms with E-state index in [4.69, 9.17) is 16.6 Å². The third-order valence-corrected chi connectivity index (χ3v) is 6.44. The van der Waals surface area contributed by atoms with E-state index >= 15 is 0 Å². The molecule has 0 radical (unpaired) electrons. The first-order valence-corrected chi connectivity index (χ1v) is 11.4. The molecule has 33 heavy (non-hydrogen) atoms. The van der Waals surface area contributed by atoms with Crippen LogP contribution >= 0.6 is 28.1 Å². The van der Waals surface area contributed by atoms with Crippen molar-refractivity contribution in [3.05, 3.63) is 106 Å². The molecule has 2 atom stereocenters. The van der Waals surface area contributed by atoms with Crippen molar-refractivity contribution < 1.29 is 13.2 Å². The molecule has 1 saturated heterocycles. The van der Waals surface area contributed by atoms with Gasteiger partial charge in [-0.15, -0.1) is 0 Å². The van der Waals surface area contributed by atoms with E-state index in [1.54, 1.807) is 43.5 Å². The number of pyridine rings is 1. The Morgan fingerprint density at radius 1 is 1.03 bits per heavy atom. The van der Waals surface area contributed by atoms with Crippen molar-refractivity contribution in [2.75, 3.05) is 4.90 Å². The van der Waals surface area contributed by atoms with Gasteiger partial charge in [0.15, 0.2) is 5.11 Å². The van der Waals surface area contributed by atoms with Gasteiger partial charge in [-0.2, -0.15) is 0 Å². The highest BCUT2D eigenvalue weighted by atomic mass is 79.9. The second-order valence-corrected chi connectivity index (χ2v) is 9.06. The maximum absolute atomic E-state index is 14.6. The average Bonchev–Trinajstić information content (AvgIpc) is 3.41. The molecule has 1 aliphatic rings. The van der Waals surface area contributed by atoms with Crippen LogP contribution in [0, 0.1) is 18.6 Å². The Labute approximate surface area is 203 Å². The van der Waals surface area contributed by atoms with Crippen molar-refractivity contribution in [1.29, 1.82) is 0 Å². The van der Waals surface area contributed by atoms with Gasteiger partial charge in [-0.05, 0) is 85.4 Å². The largest absolute Gasteiger partial charge is 0.459 e. The van der Waals surface area contributed by atoms with Crippen LogP contribution in [0.15, 0.2) is 81.8 Å². The highest BCUT2D eigenvalue weighted by molar-refractivity contribution is 9.10. The van der Waals surface area contributed by atoms with Crippen molar-refractivity contribution in [2.24, 2.45) is 0 Å². The summed E-state index contributed by atoms with van der Waals surface area (Å²) >= 11 is 8.95. The zero-order valence-corrected chi connectivity index (χ0v) is 19.8. The zero-order chi connectivity index (χ0) is 23.1. The Bertz CT molecular complexity index is 1340. The number of thiocarbonyl (C=S) groups is 1. The van der Waals surface area contributed by atoms with Crippen LogP contribution in [0.2, 0.25) is 0 Å². The molecule has 0 bridgehead atoms. The van der Waals surface area contributed by atoms with Gasteiger partial charge in [-0.25, -0.2) is 8.78 Å². The summed E-state index contributed by atoms with van der Waals surface area (Å²) in [6.07, 6.45) is 1.71. The third-order valence-electron chi connectivity index (χ3n) is 5.63. The fraction of sp³-hybridized carbons (Fsp3) is 0.120. The maximum atomic E-state index is 14.6. The van der Waals surface area contributed by atoms with Crippen LogP contribution in [0.4, 0.5) is 14.5 Å². The quantitative estimate of drug-likeness (QED) is 0.294. The summed E-state index contributed by atoms with van der Waals surface area (Å²) in [5.74, 6) is 0.304. The number of aryl methyl sites for hydroxylation is 1. The number of furan rings is 1. The van der Waals surface area contributed by atoms with Crippen LogP contribution in [0.25, 0.3) is 11.3 Å². The second-order valence-electron chi connectivity index (χ2n) is 7.76. The minimum Gasteiger partial charge on any atom is -0.459 e. The van der Waals surface area contributed by atoms with Gasteiger partial charge in [0.1, 0.15) is 29.2 Å². The number of rotatable bonds is 4. The van der Waals surface area contributed by atoms with E-state index in [-0.39, 0.29) is 11.9 Å². The van der Waals surface area contributed by atoms with Crippen molar-refractivity contribution in [3.63, 3.8) is 0 Å². The normalized spacial score (nSPS) is 17.9. The van der Waals surface area contributed by atoms with E-state index in [1.165, 1.54) is 12.1 Å². The van der Waals surface area contributed by atoms with Gasteiger partial charge < -0.3 is 14.6 Å². The number of benzene rings is 2. The van der Waals surface area contributed by atoms with Crippen LogP contribution < -0.4 is 10.2 Å². The molecule has 3 heterocycles. The molecule has 8 heteroatoms. The molecule has 4 aromatic rings. The van der Waals surface area contributed by atoms with Gasteiger partial charge >= 0.3 is 0 Å². The molecular formula is C25H18BrF2N3OS. The van der Waals surface area contributed by atoms with Gasteiger partial charge in [0.05, 0.1) is 17.3 Å². The zero-order valence-electron chi connectivity index (χ0n) is 17.4. The molecule has 0 spiro atoms. The highest BCUT2D eigenvalue weighted by Gasteiger charge is 2.42. The van der Waals surface area contributed by atoms with Gasteiger partial charge in [0, 0.05) is 16.4 Å². The van der Waals surface area contributed by atoms with E-state index in [9.17, 15) is 8.78 Å². The lowest BCUT2D eigenvalue weighted by atomic mass is 10.0. The van der Waals surface area contributed by atoms with Gasteiger partial charge in [-0.3, -0.25) is 4.98 Å². The second kappa shape index (κ2) is 8.68. The number of hydrogen-bond acceptors (Lipinski definition) is 3. The number of nitrogens with one attached hydrogen (secondary N) is 1. The predicted molar refractivity (Wildman–Crippen MR) is 131 cm³/mol. The Hall–Kier alpha value is -3.10.